The zero-order valence-corrected chi connectivity index (χ0v) is 15.0. The Hall–Kier alpha value is -2.18. The van der Waals surface area contributed by atoms with Crippen molar-refractivity contribution in [3.8, 4) is 0 Å². The second kappa shape index (κ2) is 7.37. The molecule has 0 aromatic heterocycles. The molecule has 1 fully saturated rings. The molecular formula is C19H22N2O3S. The smallest absolute Gasteiger partial charge is 0.234 e. The quantitative estimate of drug-likeness (QED) is 0.888. The second-order valence-electron chi connectivity index (χ2n) is 6.48. The van der Waals surface area contributed by atoms with Gasteiger partial charge in [-0.2, -0.15) is 0 Å². The number of piperazine rings is 1. The number of nitrogens with one attached hydrogen (secondary N) is 1. The Morgan fingerprint density at radius 1 is 1.04 bits per heavy atom. The number of rotatable bonds is 5. The van der Waals surface area contributed by atoms with Gasteiger partial charge in [-0.25, -0.2) is 8.42 Å². The Kier molecular flexibility index (Phi) is 5.20. The molecule has 1 heterocycles. The lowest BCUT2D eigenvalue weighted by atomic mass is 10.1. The number of hydrogen-bond donors (Lipinski definition) is 1. The van der Waals surface area contributed by atoms with Gasteiger partial charge in [0.1, 0.15) is 0 Å². The lowest BCUT2D eigenvalue weighted by Gasteiger charge is -2.31. The zero-order chi connectivity index (χ0) is 17.9. The molecular weight excluding hydrogens is 336 g/mol. The Labute approximate surface area is 148 Å². The minimum absolute atomic E-state index is 0.00754. The summed E-state index contributed by atoms with van der Waals surface area (Å²) in [6, 6.07) is 16.1. The minimum atomic E-state index is -3.40. The molecule has 1 saturated heterocycles. The fourth-order valence-electron chi connectivity index (χ4n) is 3.15. The molecule has 132 valence electrons. The Balaban J connectivity index is 1.81. The van der Waals surface area contributed by atoms with E-state index in [0.717, 1.165) is 17.7 Å². The molecule has 2 aromatic carbocycles. The molecule has 5 nitrogen and oxygen atoms in total. The van der Waals surface area contributed by atoms with Crippen LogP contribution in [0.5, 0.6) is 0 Å². The van der Waals surface area contributed by atoms with Crippen LogP contribution < -0.4 is 5.32 Å². The third-order valence-electron chi connectivity index (χ3n) is 4.27. The molecule has 3 rings (SSSR count). The highest BCUT2D eigenvalue weighted by atomic mass is 32.2. The van der Waals surface area contributed by atoms with Gasteiger partial charge in [0, 0.05) is 19.1 Å². The van der Waals surface area contributed by atoms with Crippen molar-refractivity contribution in [3.63, 3.8) is 0 Å². The van der Waals surface area contributed by atoms with E-state index in [0.29, 0.717) is 18.0 Å². The van der Waals surface area contributed by atoms with Gasteiger partial charge in [-0.05, 0) is 30.2 Å². The fourth-order valence-corrected chi connectivity index (χ4v) is 4.58. The van der Waals surface area contributed by atoms with E-state index in [-0.39, 0.29) is 17.7 Å². The van der Waals surface area contributed by atoms with Crippen LogP contribution in [0.4, 0.5) is 0 Å². The van der Waals surface area contributed by atoms with Crippen LogP contribution in [0.15, 0.2) is 59.5 Å². The topological polar surface area (TPSA) is 66.5 Å². The summed E-state index contributed by atoms with van der Waals surface area (Å²) in [4.78, 5) is 14.1. The molecule has 6 heteroatoms. The first-order chi connectivity index (χ1) is 11.9. The van der Waals surface area contributed by atoms with E-state index in [1.807, 2.05) is 31.2 Å². The average molecular weight is 358 g/mol. The Bertz CT molecular complexity index is 850. The van der Waals surface area contributed by atoms with Gasteiger partial charge in [0.15, 0.2) is 9.84 Å². The number of hydrogen-bond acceptors (Lipinski definition) is 4. The Morgan fingerprint density at radius 2 is 1.68 bits per heavy atom. The van der Waals surface area contributed by atoms with E-state index in [2.05, 4.69) is 10.2 Å². The number of nitrogens with zero attached hydrogens (tertiary/aromatic N) is 1. The van der Waals surface area contributed by atoms with Crippen molar-refractivity contribution in [1.29, 1.82) is 0 Å². The third kappa shape index (κ3) is 4.46. The van der Waals surface area contributed by atoms with Crippen molar-refractivity contribution in [2.75, 3.05) is 13.1 Å². The van der Waals surface area contributed by atoms with Crippen molar-refractivity contribution in [2.45, 2.75) is 30.2 Å². The summed E-state index contributed by atoms with van der Waals surface area (Å²) in [5.41, 5.74) is 1.73. The van der Waals surface area contributed by atoms with Crippen LogP contribution in [-0.2, 0) is 26.9 Å². The molecule has 0 radical (unpaired) electrons. The molecule has 25 heavy (non-hydrogen) atoms. The standard InChI is InChI=1S/C19H22N2O3S/c1-15-11-21(13-19(22)20-15)12-16-7-5-6-8-17(16)14-25(23,24)18-9-3-2-4-10-18/h2-10,15H,11-14H2,1H3,(H,20,22)/t15-/m0/s1. The van der Waals surface area contributed by atoms with Crippen LogP contribution in [0.2, 0.25) is 0 Å². The molecule has 1 amide bonds. The number of benzene rings is 2. The van der Waals surface area contributed by atoms with E-state index >= 15 is 0 Å². The van der Waals surface area contributed by atoms with Gasteiger partial charge in [0.05, 0.1) is 17.2 Å². The molecule has 0 spiro atoms. The molecule has 1 aliphatic heterocycles. The average Bonchev–Trinajstić information content (AvgIpc) is 2.56. The lowest BCUT2D eigenvalue weighted by Crippen LogP contribution is -2.52. The number of carbonyl (C=O) groups is 1. The van der Waals surface area contributed by atoms with Gasteiger partial charge < -0.3 is 5.32 Å². The maximum atomic E-state index is 12.7. The van der Waals surface area contributed by atoms with Crippen LogP contribution in [0.25, 0.3) is 0 Å². The lowest BCUT2D eigenvalue weighted by molar-refractivity contribution is -0.125. The highest BCUT2D eigenvalue weighted by Crippen LogP contribution is 2.20. The van der Waals surface area contributed by atoms with Crippen molar-refractivity contribution in [2.24, 2.45) is 0 Å². The predicted octanol–water partition coefficient (Wildman–Crippen LogP) is 1.98. The predicted molar refractivity (Wildman–Crippen MR) is 96.7 cm³/mol. The molecule has 0 aliphatic carbocycles. The van der Waals surface area contributed by atoms with Gasteiger partial charge in [-0.15, -0.1) is 0 Å². The summed E-state index contributed by atoms with van der Waals surface area (Å²) in [7, 11) is -3.40. The number of sulfone groups is 1. The van der Waals surface area contributed by atoms with Crippen LogP contribution >= 0.6 is 0 Å². The second-order valence-corrected chi connectivity index (χ2v) is 8.47. The zero-order valence-electron chi connectivity index (χ0n) is 14.2. The van der Waals surface area contributed by atoms with Crippen LogP contribution in [0.3, 0.4) is 0 Å². The summed E-state index contributed by atoms with van der Waals surface area (Å²) in [5.74, 6) is -0.0314. The first-order valence-corrected chi connectivity index (χ1v) is 9.95. The van der Waals surface area contributed by atoms with E-state index in [1.54, 1.807) is 30.3 Å². The highest BCUT2D eigenvalue weighted by molar-refractivity contribution is 7.90. The number of carbonyl (C=O) groups excluding carboxylic acids is 1. The SMILES string of the molecule is C[C@H]1CN(Cc2ccccc2CS(=O)(=O)c2ccccc2)CC(=O)N1. The summed E-state index contributed by atoms with van der Waals surface area (Å²) in [5, 5.41) is 2.89. The molecule has 2 aromatic rings. The summed E-state index contributed by atoms with van der Waals surface area (Å²) in [6.07, 6.45) is 0. The first kappa shape index (κ1) is 17.6. The monoisotopic (exact) mass is 358 g/mol. The third-order valence-corrected chi connectivity index (χ3v) is 5.95. The van der Waals surface area contributed by atoms with Crippen molar-refractivity contribution in [3.05, 3.63) is 65.7 Å². The summed E-state index contributed by atoms with van der Waals surface area (Å²) in [6.45, 7) is 3.63. The van der Waals surface area contributed by atoms with E-state index in [1.165, 1.54) is 0 Å². The molecule has 0 bridgehead atoms. The van der Waals surface area contributed by atoms with Gasteiger partial charge in [-0.1, -0.05) is 42.5 Å². The fraction of sp³-hybridized carbons (Fsp3) is 0.316. The van der Waals surface area contributed by atoms with Gasteiger partial charge in [0.2, 0.25) is 5.91 Å². The van der Waals surface area contributed by atoms with Crippen molar-refractivity contribution in [1.82, 2.24) is 10.2 Å². The number of amides is 1. The first-order valence-electron chi connectivity index (χ1n) is 8.30. The Morgan fingerprint density at radius 3 is 2.36 bits per heavy atom. The highest BCUT2D eigenvalue weighted by Gasteiger charge is 2.23. The van der Waals surface area contributed by atoms with E-state index in [9.17, 15) is 13.2 Å². The normalized spacial score (nSPS) is 18.8. The van der Waals surface area contributed by atoms with E-state index in [4.69, 9.17) is 0 Å². The van der Waals surface area contributed by atoms with Crippen LogP contribution in [-0.4, -0.2) is 38.4 Å². The molecule has 0 unspecified atom stereocenters. The molecule has 0 saturated carbocycles. The van der Waals surface area contributed by atoms with Gasteiger partial charge in [0.25, 0.3) is 0 Å². The molecule has 1 aliphatic rings. The summed E-state index contributed by atoms with van der Waals surface area (Å²) >= 11 is 0. The maximum Gasteiger partial charge on any atom is 0.234 e. The minimum Gasteiger partial charge on any atom is -0.351 e. The van der Waals surface area contributed by atoms with Gasteiger partial charge in [-0.3, -0.25) is 9.69 Å². The molecule has 1 atom stereocenters. The van der Waals surface area contributed by atoms with Gasteiger partial charge >= 0.3 is 0 Å². The maximum absolute atomic E-state index is 12.7. The van der Waals surface area contributed by atoms with Crippen LogP contribution in [0, 0.1) is 0 Å². The van der Waals surface area contributed by atoms with Crippen molar-refractivity contribution < 1.29 is 13.2 Å². The molecule has 1 N–H and O–H groups in total. The van der Waals surface area contributed by atoms with Crippen LogP contribution in [0.1, 0.15) is 18.1 Å². The van der Waals surface area contributed by atoms with E-state index < -0.39 is 9.84 Å². The largest absolute Gasteiger partial charge is 0.351 e. The van der Waals surface area contributed by atoms with Crippen molar-refractivity contribution >= 4 is 15.7 Å². The summed E-state index contributed by atoms with van der Waals surface area (Å²) < 4.78 is 25.3.